The predicted octanol–water partition coefficient (Wildman–Crippen LogP) is 2.95. The summed E-state index contributed by atoms with van der Waals surface area (Å²) in [6, 6.07) is 15.7. The Morgan fingerprint density at radius 3 is 2.19 bits per heavy atom. The van der Waals surface area contributed by atoms with E-state index in [0.29, 0.717) is 29.7 Å². The quantitative estimate of drug-likeness (QED) is 0.765. The third-order valence-electron chi connectivity index (χ3n) is 5.20. The summed E-state index contributed by atoms with van der Waals surface area (Å²) >= 11 is 0. The fourth-order valence-corrected chi connectivity index (χ4v) is 3.92. The summed E-state index contributed by atoms with van der Waals surface area (Å²) in [6.45, 7) is 0. The molecule has 3 rings (SSSR count). The standard InChI is InChI=1S/C22H23NO4/c24-19(14-22(15-20(25)26)12-6-7-13-22)23-18-11-5-4-10-17(18)21(27)16-8-2-1-3-9-16/h1-5,8-11H,6-7,12-15H2,(H,23,24)(H,25,26)/p-1. The summed E-state index contributed by atoms with van der Waals surface area (Å²) in [7, 11) is 0. The number of nitrogens with one attached hydrogen (secondary N) is 1. The van der Waals surface area contributed by atoms with Crippen LogP contribution in [-0.4, -0.2) is 17.7 Å². The van der Waals surface area contributed by atoms with E-state index in [2.05, 4.69) is 5.32 Å². The molecule has 140 valence electrons. The summed E-state index contributed by atoms with van der Waals surface area (Å²) in [5.74, 6) is -1.56. The fraction of sp³-hybridized carbons (Fsp3) is 0.318. The van der Waals surface area contributed by atoms with Crippen molar-refractivity contribution in [1.29, 1.82) is 0 Å². The van der Waals surface area contributed by atoms with Crippen LogP contribution in [-0.2, 0) is 9.59 Å². The van der Waals surface area contributed by atoms with Gasteiger partial charge in [0.2, 0.25) is 5.91 Å². The number of carboxylic acids is 1. The van der Waals surface area contributed by atoms with E-state index < -0.39 is 11.4 Å². The van der Waals surface area contributed by atoms with Crippen LogP contribution >= 0.6 is 0 Å². The van der Waals surface area contributed by atoms with Crippen LogP contribution in [0.1, 0.15) is 54.4 Å². The highest BCUT2D eigenvalue weighted by atomic mass is 16.4. The molecule has 27 heavy (non-hydrogen) atoms. The summed E-state index contributed by atoms with van der Waals surface area (Å²) < 4.78 is 0. The van der Waals surface area contributed by atoms with E-state index in [1.807, 2.05) is 6.07 Å². The number of hydrogen-bond acceptors (Lipinski definition) is 4. The predicted molar refractivity (Wildman–Crippen MR) is 100 cm³/mol. The third-order valence-corrected chi connectivity index (χ3v) is 5.20. The number of carboxylic acid groups (broad SMARTS) is 1. The highest BCUT2D eigenvalue weighted by Gasteiger charge is 2.36. The van der Waals surface area contributed by atoms with E-state index in [1.54, 1.807) is 48.5 Å². The summed E-state index contributed by atoms with van der Waals surface area (Å²) in [4.78, 5) is 36.5. The number of carbonyl (C=O) groups is 3. The van der Waals surface area contributed by atoms with E-state index in [9.17, 15) is 19.5 Å². The molecule has 1 fully saturated rings. The molecule has 1 N–H and O–H groups in total. The van der Waals surface area contributed by atoms with Gasteiger partial charge >= 0.3 is 0 Å². The van der Waals surface area contributed by atoms with Gasteiger partial charge in [-0.1, -0.05) is 55.3 Å². The van der Waals surface area contributed by atoms with Crippen molar-refractivity contribution in [2.24, 2.45) is 5.41 Å². The molecule has 0 unspecified atom stereocenters. The van der Waals surface area contributed by atoms with Crippen LogP contribution in [0.3, 0.4) is 0 Å². The molecule has 1 aliphatic carbocycles. The average molecular weight is 364 g/mol. The van der Waals surface area contributed by atoms with Gasteiger partial charge in [-0.3, -0.25) is 9.59 Å². The van der Waals surface area contributed by atoms with Crippen LogP contribution < -0.4 is 10.4 Å². The van der Waals surface area contributed by atoms with Gasteiger partial charge in [-0.15, -0.1) is 0 Å². The number of benzene rings is 2. The van der Waals surface area contributed by atoms with Crippen molar-refractivity contribution in [1.82, 2.24) is 0 Å². The lowest BCUT2D eigenvalue weighted by Gasteiger charge is -2.28. The van der Waals surface area contributed by atoms with Crippen molar-refractivity contribution in [2.75, 3.05) is 5.32 Å². The Kier molecular flexibility index (Phi) is 5.69. The Balaban J connectivity index is 1.77. The van der Waals surface area contributed by atoms with Gasteiger partial charge in [-0.05, 0) is 36.8 Å². The Hall–Kier alpha value is -2.95. The monoisotopic (exact) mass is 364 g/mol. The molecule has 2 aromatic carbocycles. The molecule has 1 amide bonds. The molecule has 0 saturated heterocycles. The van der Waals surface area contributed by atoms with Gasteiger partial charge in [-0.2, -0.15) is 0 Å². The zero-order valence-corrected chi connectivity index (χ0v) is 15.1. The molecule has 0 atom stereocenters. The van der Waals surface area contributed by atoms with Crippen LogP contribution in [0, 0.1) is 5.41 Å². The van der Waals surface area contributed by atoms with E-state index in [4.69, 9.17) is 0 Å². The minimum Gasteiger partial charge on any atom is -0.550 e. The van der Waals surface area contributed by atoms with Gasteiger partial charge in [0.15, 0.2) is 5.78 Å². The van der Waals surface area contributed by atoms with Gasteiger partial charge in [0, 0.05) is 23.5 Å². The number of carbonyl (C=O) groups excluding carboxylic acids is 3. The molecule has 0 aliphatic heterocycles. The number of aliphatic carboxylic acids is 1. The fourth-order valence-electron chi connectivity index (χ4n) is 3.92. The average Bonchev–Trinajstić information content (AvgIpc) is 3.09. The van der Waals surface area contributed by atoms with E-state index in [0.717, 1.165) is 12.8 Å². The van der Waals surface area contributed by atoms with Crippen LogP contribution in [0.2, 0.25) is 0 Å². The summed E-state index contributed by atoms with van der Waals surface area (Å²) in [5.41, 5.74) is 0.861. The van der Waals surface area contributed by atoms with Crippen molar-refractivity contribution in [2.45, 2.75) is 38.5 Å². The van der Waals surface area contributed by atoms with Gasteiger partial charge in [0.05, 0.1) is 5.69 Å². The highest BCUT2D eigenvalue weighted by Crippen LogP contribution is 2.44. The molecule has 5 heteroatoms. The van der Waals surface area contributed by atoms with E-state index >= 15 is 0 Å². The first-order chi connectivity index (χ1) is 13.0. The number of ketones is 1. The van der Waals surface area contributed by atoms with Crippen molar-refractivity contribution in [3.05, 3.63) is 65.7 Å². The number of rotatable bonds is 7. The number of para-hydroxylation sites is 1. The Labute approximate surface area is 158 Å². The van der Waals surface area contributed by atoms with Crippen LogP contribution in [0.25, 0.3) is 0 Å². The lowest BCUT2D eigenvalue weighted by molar-refractivity contribution is -0.308. The Morgan fingerprint density at radius 2 is 1.52 bits per heavy atom. The minimum absolute atomic E-state index is 0.106. The number of amides is 1. The highest BCUT2D eigenvalue weighted by molar-refractivity contribution is 6.13. The first-order valence-electron chi connectivity index (χ1n) is 9.18. The maximum absolute atomic E-state index is 12.8. The second kappa shape index (κ2) is 8.16. The second-order valence-corrected chi connectivity index (χ2v) is 7.22. The van der Waals surface area contributed by atoms with E-state index in [1.165, 1.54) is 0 Å². The summed E-state index contributed by atoms with van der Waals surface area (Å²) in [5, 5.41) is 13.9. The van der Waals surface area contributed by atoms with Gasteiger partial charge in [-0.25, -0.2) is 0 Å². The topological polar surface area (TPSA) is 86.3 Å². The van der Waals surface area contributed by atoms with Gasteiger partial charge < -0.3 is 15.2 Å². The number of hydrogen-bond donors (Lipinski definition) is 1. The SMILES string of the molecule is O=C([O-])CC1(CC(=O)Nc2ccccc2C(=O)c2ccccc2)CCCC1. The molecule has 0 bridgehead atoms. The van der Waals surface area contributed by atoms with E-state index in [-0.39, 0.29) is 24.5 Å². The third kappa shape index (κ3) is 4.61. The largest absolute Gasteiger partial charge is 0.550 e. The molecule has 0 heterocycles. The molecule has 1 saturated carbocycles. The van der Waals surface area contributed by atoms with Crippen LogP contribution in [0.15, 0.2) is 54.6 Å². The molecule has 1 aliphatic rings. The first-order valence-corrected chi connectivity index (χ1v) is 9.18. The second-order valence-electron chi connectivity index (χ2n) is 7.22. The smallest absolute Gasteiger partial charge is 0.224 e. The van der Waals surface area contributed by atoms with Gasteiger partial charge in [0.1, 0.15) is 0 Å². The molecular weight excluding hydrogens is 342 g/mol. The number of anilines is 1. The van der Waals surface area contributed by atoms with Crippen molar-refractivity contribution in [3.8, 4) is 0 Å². The van der Waals surface area contributed by atoms with Crippen molar-refractivity contribution in [3.63, 3.8) is 0 Å². The molecule has 2 aromatic rings. The lowest BCUT2D eigenvalue weighted by Crippen LogP contribution is -2.33. The zero-order chi connectivity index (χ0) is 19.3. The van der Waals surface area contributed by atoms with Crippen LogP contribution in [0.5, 0.6) is 0 Å². The molecule has 5 nitrogen and oxygen atoms in total. The molecule has 0 radical (unpaired) electrons. The lowest BCUT2D eigenvalue weighted by atomic mass is 9.79. The minimum atomic E-state index is -1.12. The molecule has 0 spiro atoms. The molecular formula is C22H22NO4-. The first kappa shape index (κ1) is 18.8. The van der Waals surface area contributed by atoms with Crippen molar-refractivity contribution < 1.29 is 19.5 Å². The normalized spacial score (nSPS) is 15.3. The Bertz CT molecular complexity index is 838. The van der Waals surface area contributed by atoms with Crippen LogP contribution in [0.4, 0.5) is 5.69 Å². The summed E-state index contributed by atoms with van der Waals surface area (Å²) in [6.07, 6.45) is 3.27. The van der Waals surface area contributed by atoms with Crippen molar-refractivity contribution >= 4 is 23.3 Å². The zero-order valence-electron chi connectivity index (χ0n) is 15.1. The van der Waals surface area contributed by atoms with Gasteiger partial charge in [0.25, 0.3) is 0 Å². The molecule has 0 aromatic heterocycles. The Morgan fingerprint density at radius 1 is 0.889 bits per heavy atom. The maximum atomic E-state index is 12.8. The maximum Gasteiger partial charge on any atom is 0.224 e.